The molecular weight excluding hydrogens is 266 g/mol. The topological polar surface area (TPSA) is 115 Å². The molecule has 1 fully saturated rings. The molecule has 1 amide bonds. The standard InChI is InChI=1S/C12H17N3O3S/c13-10-7-9(12(14)16)3-4-11(10)19(17,18)15-6-5-8-1-2-8/h3-4,7-8,15H,1-2,5-6,13H2,(H2,14,16). The number of anilines is 1. The third kappa shape index (κ3) is 3.45. The molecule has 1 aromatic rings. The van der Waals surface area contributed by atoms with Gasteiger partial charge in [0.25, 0.3) is 0 Å². The molecule has 1 aliphatic carbocycles. The summed E-state index contributed by atoms with van der Waals surface area (Å²) in [7, 11) is -3.63. The lowest BCUT2D eigenvalue weighted by molar-refractivity contribution is 0.1000. The number of nitrogens with one attached hydrogen (secondary N) is 1. The van der Waals surface area contributed by atoms with Crippen LogP contribution in [0.15, 0.2) is 23.1 Å². The first kappa shape index (κ1) is 13.8. The molecule has 0 unspecified atom stereocenters. The number of primary amides is 1. The number of nitrogens with two attached hydrogens (primary N) is 2. The minimum Gasteiger partial charge on any atom is -0.398 e. The molecular formula is C12H17N3O3S. The van der Waals surface area contributed by atoms with Crippen molar-refractivity contribution in [1.29, 1.82) is 0 Å². The van der Waals surface area contributed by atoms with E-state index in [-0.39, 0.29) is 16.1 Å². The van der Waals surface area contributed by atoms with Crippen molar-refractivity contribution in [3.05, 3.63) is 23.8 Å². The molecule has 6 nitrogen and oxygen atoms in total. The molecule has 0 saturated heterocycles. The van der Waals surface area contributed by atoms with Crippen LogP contribution >= 0.6 is 0 Å². The third-order valence-corrected chi connectivity index (χ3v) is 4.66. The van der Waals surface area contributed by atoms with Crippen molar-refractivity contribution in [2.75, 3.05) is 12.3 Å². The Morgan fingerprint density at radius 2 is 2.05 bits per heavy atom. The van der Waals surface area contributed by atoms with E-state index in [9.17, 15) is 13.2 Å². The van der Waals surface area contributed by atoms with Gasteiger partial charge in [0.2, 0.25) is 15.9 Å². The van der Waals surface area contributed by atoms with Crippen molar-refractivity contribution in [3.63, 3.8) is 0 Å². The van der Waals surface area contributed by atoms with E-state index in [2.05, 4.69) is 4.72 Å². The minimum atomic E-state index is -3.63. The van der Waals surface area contributed by atoms with Crippen LogP contribution in [-0.2, 0) is 10.0 Å². The first-order chi connectivity index (χ1) is 8.90. The predicted molar refractivity (Wildman–Crippen MR) is 71.9 cm³/mol. The van der Waals surface area contributed by atoms with Crippen LogP contribution in [0.4, 0.5) is 5.69 Å². The fourth-order valence-electron chi connectivity index (χ4n) is 1.83. The average molecular weight is 283 g/mol. The summed E-state index contributed by atoms with van der Waals surface area (Å²) in [6.07, 6.45) is 3.20. The first-order valence-corrected chi connectivity index (χ1v) is 7.57. The maximum absolute atomic E-state index is 12.0. The summed E-state index contributed by atoms with van der Waals surface area (Å²) in [5.41, 5.74) is 11.0. The van der Waals surface area contributed by atoms with Gasteiger partial charge in [0.15, 0.2) is 0 Å². The molecule has 0 atom stereocenters. The normalized spacial score (nSPS) is 15.4. The van der Waals surface area contributed by atoms with Crippen molar-refractivity contribution >= 4 is 21.6 Å². The highest BCUT2D eigenvalue weighted by atomic mass is 32.2. The Labute approximate surface area is 112 Å². The number of carbonyl (C=O) groups excluding carboxylic acids is 1. The van der Waals surface area contributed by atoms with Crippen LogP contribution in [0.5, 0.6) is 0 Å². The SMILES string of the molecule is NC(=O)c1ccc(S(=O)(=O)NCCC2CC2)c(N)c1. The van der Waals surface area contributed by atoms with Crippen molar-refractivity contribution in [2.45, 2.75) is 24.2 Å². The van der Waals surface area contributed by atoms with Gasteiger partial charge in [-0.25, -0.2) is 13.1 Å². The van der Waals surface area contributed by atoms with E-state index in [1.807, 2.05) is 0 Å². The van der Waals surface area contributed by atoms with Gasteiger partial charge in [-0.3, -0.25) is 4.79 Å². The fourth-order valence-corrected chi connectivity index (χ4v) is 2.99. The Bertz CT molecular complexity index is 594. The van der Waals surface area contributed by atoms with Crippen LogP contribution in [0.1, 0.15) is 29.6 Å². The molecule has 104 valence electrons. The summed E-state index contributed by atoms with van der Waals surface area (Å²) >= 11 is 0. The van der Waals surface area contributed by atoms with Crippen molar-refractivity contribution in [3.8, 4) is 0 Å². The number of rotatable bonds is 6. The van der Waals surface area contributed by atoms with Gasteiger partial charge in [-0.15, -0.1) is 0 Å². The molecule has 0 bridgehead atoms. The van der Waals surface area contributed by atoms with Crippen LogP contribution in [0.3, 0.4) is 0 Å². The Hall–Kier alpha value is -1.60. The number of carbonyl (C=O) groups is 1. The number of amides is 1. The zero-order valence-electron chi connectivity index (χ0n) is 10.4. The van der Waals surface area contributed by atoms with Crippen LogP contribution in [0, 0.1) is 5.92 Å². The summed E-state index contributed by atoms with van der Waals surface area (Å²) in [5, 5.41) is 0. The molecule has 1 saturated carbocycles. The van der Waals surface area contributed by atoms with Crippen molar-refractivity contribution < 1.29 is 13.2 Å². The van der Waals surface area contributed by atoms with Crippen LogP contribution in [-0.4, -0.2) is 20.9 Å². The highest BCUT2D eigenvalue weighted by Crippen LogP contribution is 2.32. The van der Waals surface area contributed by atoms with Gasteiger partial charge in [-0.2, -0.15) is 0 Å². The summed E-state index contributed by atoms with van der Waals surface area (Å²) in [6, 6.07) is 3.93. The molecule has 19 heavy (non-hydrogen) atoms. The van der Waals surface area contributed by atoms with Gasteiger partial charge in [0.05, 0.1) is 5.69 Å². The molecule has 1 aliphatic rings. The van der Waals surface area contributed by atoms with Crippen LogP contribution < -0.4 is 16.2 Å². The maximum atomic E-state index is 12.0. The minimum absolute atomic E-state index is 0.0201. The Morgan fingerprint density at radius 1 is 1.37 bits per heavy atom. The summed E-state index contributed by atoms with van der Waals surface area (Å²) < 4.78 is 26.6. The largest absolute Gasteiger partial charge is 0.398 e. The zero-order valence-corrected chi connectivity index (χ0v) is 11.2. The second kappa shape index (κ2) is 5.18. The Balaban J connectivity index is 2.12. The maximum Gasteiger partial charge on any atom is 0.248 e. The molecule has 0 spiro atoms. The molecule has 1 aromatic carbocycles. The first-order valence-electron chi connectivity index (χ1n) is 6.09. The highest BCUT2D eigenvalue weighted by molar-refractivity contribution is 7.89. The number of sulfonamides is 1. The van der Waals surface area contributed by atoms with E-state index < -0.39 is 15.9 Å². The van der Waals surface area contributed by atoms with E-state index in [4.69, 9.17) is 11.5 Å². The molecule has 5 N–H and O–H groups in total. The second-order valence-electron chi connectivity index (χ2n) is 4.75. The van der Waals surface area contributed by atoms with E-state index in [1.165, 1.54) is 31.0 Å². The van der Waals surface area contributed by atoms with E-state index >= 15 is 0 Å². The molecule has 2 rings (SSSR count). The highest BCUT2D eigenvalue weighted by Gasteiger charge is 2.23. The quantitative estimate of drug-likeness (QED) is 0.657. The van der Waals surface area contributed by atoms with Crippen molar-refractivity contribution in [2.24, 2.45) is 11.7 Å². The fraction of sp³-hybridized carbons (Fsp3) is 0.417. The summed E-state index contributed by atoms with van der Waals surface area (Å²) in [4.78, 5) is 10.9. The monoisotopic (exact) mass is 283 g/mol. The number of benzene rings is 1. The average Bonchev–Trinajstić information content (AvgIpc) is 3.12. The van der Waals surface area contributed by atoms with Gasteiger partial charge in [-0.1, -0.05) is 12.8 Å². The van der Waals surface area contributed by atoms with Gasteiger partial charge in [-0.05, 0) is 30.5 Å². The molecule has 0 aliphatic heterocycles. The molecule has 0 heterocycles. The summed E-state index contributed by atoms with van der Waals surface area (Å²) in [5.74, 6) is 0.00891. The van der Waals surface area contributed by atoms with Gasteiger partial charge >= 0.3 is 0 Å². The zero-order chi connectivity index (χ0) is 14.0. The van der Waals surface area contributed by atoms with Crippen molar-refractivity contribution in [1.82, 2.24) is 4.72 Å². The molecule has 0 radical (unpaired) electrons. The molecule has 0 aromatic heterocycles. The number of hydrogen-bond donors (Lipinski definition) is 3. The van der Waals surface area contributed by atoms with E-state index in [0.29, 0.717) is 12.5 Å². The third-order valence-electron chi connectivity index (χ3n) is 3.13. The van der Waals surface area contributed by atoms with Gasteiger partial charge in [0.1, 0.15) is 4.90 Å². The smallest absolute Gasteiger partial charge is 0.248 e. The number of hydrogen-bond acceptors (Lipinski definition) is 4. The van der Waals surface area contributed by atoms with Crippen LogP contribution in [0.2, 0.25) is 0 Å². The van der Waals surface area contributed by atoms with E-state index in [1.54, 1.807) is 0 Å². The summed E-state index contributed by atoms with van der Waals surface area (Å²) in [6.45, 7) is 0.407. The van der Waals surface area contributed by atoms with Crippen LogP contribution in [0.25, 0.3) is 0 Å². The van der Waals surface area contributed by atoms with Gasteiger partial charge in [0, 0.05) is 12.1 Å². The molecule has 7 heteroatoms. The Morgan fingerprint density at radius 3 is 2.58 bits per heavy atom. The van der Waals surface area contributed by atoms with Gasteiger partial charge < -0.3 is 11.5 Å². The lowest BCUT2D eigenvalue weighted by atomic mass is 10.2. The number of nitrogen functional groups attached to an aromatic ring is 1. The lowest BCUT2D eigenvalue weighted by Gasteiger charge is -2.09. The van der Waals surface area contributed by atoms with E-state index in [0.717, 1.165) is 6.42 Å². The predicted octanol–water partition coefficient (Wildman–Crippen LogP) is 0.446. The second-order valence-corrected chi connectivity index (χ2v) is 6.48. The lowest BCUT2D eigenvalue weighted by Crippen LogP contribution is -2.26. The Kier molecular flexibility index (Phi) is 3.77.